The van der Waals surface area contributed by atoms with Crippen LogP contribution < -0.4 is 0 Å². The summed E-state index contributed by atoms with van der Waals surface area (Å²) in [6.07, 6.45) is 0.463. The van der Waals surface area contributed by atoms with E-state index in [9.17, 15) is 9.50 Å². The van der Waals surface area contributed by atoms with Crippen molar-refractivity contribution in [3.8, 4) is 0 Å². The van der Waals surface area contributed by atoms with Crippen LogP contribution in [-0.4, -0.2) is 20.3 Å². The van der Waals surface area contributed by atoms with Gasteiger partial charge in [-0.1, -0.05) is 23.7 Å². The molecular formula is C10H9ClFN3O. The third-order valence-corrected chi connectivity index (χ3v) is 2.49. The van der Waals surface area contributed by atoms with Gasteiger partial charge in [0, 0.05) is 6.42 Å². The predicted molar refractivity (Wildman–Crippen MR) is 56.5 cm³/mol. The van der Waals surface area contributed by atoms with Crippen LogP contribution in [0, 0.1) is 5.82 Å². The van der Waals surface area contributed by atoms with E-state index in [1.54, 1.807) is 12.1 Å². The highest BCUT2D eigenvalue weighted by molar-refractivity contribution is 6.30. The van der Waals surface area contributed by atoms with Gasteiger partial charge in [0.25, 0.3) is 0 Å². The number of hydrogen-bond acceptors (Lipinski definition) is 3. The van der Waals surface area contributed by atoms with Gasteiger partial charge in [0.15, 0.2) is 5.82 Å². The summed E-state index contributed by atoms with van der Waals surface area (Å²) < 4.78 is 13.5. The van der Waals surface area contributed by atoms with E-state index in [-0.39, 0.29) is 11.4 Å². The molecule has 84 valence electrons. The average molecular weight is 242 g/mol. The Morgan fingerprint density at radius 2 is 2.31 bits per heavy atom. The Hall–Kier alpha value is -1.46. The maximum Gasteiger partial charge on any atom is 0.153 e. The average Bonchev–Trinajstić information content (AvgIpc) is 2.78. The first-order valence-corrected chi connectivity index (χ1v) is 5.02. The molecular weight excluding hydrogens is 233 g/mol. The van der Waals surface area contributed by atoms with Gasteiger partial charge in [0.1, 0.15) is 18.2 Å². The second-order valence-corrected chi connectivity index (χ2v) is 3.71. The largest absolute Gasteiger partial charge is 0.385 e. The number of nitrogens with zero attached hydrogens (tertiary/aromatic N) is 2. The van der Waals surface area contributed by atoms with Crippen molar-refractivity contribution < 1.29 is 9.50 Å². The van der Waals surface area contributed by atoms with Crippen LogP contribution in [0.4, 0.5) is 4.39 Å². The van der Waals surface area contributed by atoms with E-state index in [0.717, 1.165) is 0 Å². The maximum absolute atomic E-state index is 13.5. The van der Waals surface area contributed by atoms with Crippen LogP contribution in [0.1, 0.15) is 17.5 Å². The molecule has 0 radical (unpaired) electrons. The SMILES string of the molecule is OC(Cc1cccc(Cl)c1F)c1ncn[nH]1. The van der Waals surface area contributed by atoms with Crippen LogP contribution in [0.3, 0.4) is 0 Å². The Balaban J connectivity index is 2.18. The molecule has 1 aromatic carbocycles. The topological polar surface area (TPSA) is 61.8 Å². The summed E-state index contributed by atoms with van der Waals surface area (Å²) in [5.41, 5.74) is 0.344. The Morgan fingerprint density at radius 1 is 1.50 bits per heavy atom. The van der Waals surface area contributed by atoms with Crippen LogP contribution in [0.5, 0.6) is 0 Å². The van der Waals surface area contributed by atoms with Gasteiger partial charge in [-0.2, -0.15) is 5.10 Å². The van der Waals surface area contributed by atoms with E-state index in [1.807, 2.05) is 0 Å². The molecule has 0 saturated heterocycles. The first kappa shape index (κ1) is 11.0. The summed E-state index contributed by atoms with van der Waals surface area (Å²) in [5.74, 6) is -0.206. The number of H-pyrrole nitrogens is 1. The van der Waals surface area contributed by atoms with E-state index in [1.165, 1.54) is 12.4 Å². The smallest absolute Gasteiger partial charge is 0.153 e. The number of aliphatic hydroxyl groups excluding tert-OH is 1. The number of aromatic nitrogens is 3. The van der Waals surface area contributed by atoms with Gasteiger partial charge in [0.05, 0.1) is 5.02 Å². The fraction of sp³-hybridized carbons (Fsp3) is 0.200. The number of nitrogens with one attached hydrogen (secondary N) is 1. The molecule has 0 aliphatic rings. The van der Waals surface area contributed by atoms with Crippen molar-refractivity contribution in [2.24, 2.45) is 0 Å². The number of aliphatic hydroxyl groups is 1. The van der Waals surface area contributed by atoms with Crippen LogP contribution in [0.15, 0.2) is 24.5 Å². The molecule has 0 aliphatic carbocycles. The van der Waals surface area contributed by atoms with Gasteiger partial charge >= 0.3 is 0 Å². The van der Waals surface area contributed by atoms with Crippen LogP contribution >= 0.6 is 11.6 Å². The van der Waals surface area contributed by atoms with Crippen molar-refractivity contribution in [3.05, 3.63) is 46.8 Å². The van der Waals surface area contributed by atoms with Gasteiger partial charge in [-0.15, -0.1) is 0 Å². The first-order chi connectivity index (χ1) is 7.68. The predicted octanol–water partition coefficient (Wildman–Crippen LogP) is 1.87. The molecule has 1 aromatic heterocycles. The minimum atomic E-state index is -0.921. The lowest BCUT2D eigenvalue weighted by molar-refractivity contribution is 0.167. The zero-order valence-corrected chi connectivity index (χ0v) is 8.95. The highest BCUT2D eigenvalue weighted by Crippen LogP contribution is 2.22. The van der Waals surface area contributed by atoms with Gasteiger partial charge in [-0.3, -0.25) is 5.10 Å². The molecule has 0 aliphatic heterocycles. The van der Waals surface area contributed by atoms with Gasteiger partial charge in [0.2, 0.25) is 0 Å². The lowest BCUT2D eigenvalue weighted by Gasteiger charge is -2.08. The van der Waals surface area contributed by atoms with Crippen molar-refractivity contribution in [1.29, 1.82) is 0 Å². The molecule has 0 spiro atoms. The lowest BCUT2D eigenvalue weighted by Crippen LogP contribution is -2.05. The monoisotopic (exact) mass is 241 g/mol. The van der Waals surface area contributed by atoms with Crippen molar-refractivity contribution in [3.63, 3.8) is 0 Å². The zero-order valence-electron chi connectivity index (χ0n) is 8.19. The van der Waals surface area contributed by atoms with Gasteiger partial charge in [-0.05, 0) is 11.6 Å². The summed E-state index contributed by atoms with van der Waals surface area (Å²) >= 11 is 5.63. The molecule has 2 N–H and O–H groups in total. The molecule has 16 heavy (non-hydrogen) atoms. The summed E-state index contributed by atoms with van der Waals surface area (Å²) in [6.45, 7) is 0. The number of aromatic amines is 1. The number of hydrogen-bond donors (Lipinski definition) is 2. The molecule has 2 rings (SSSR count). The Bertz CT molecular complexity index is 475. The zero-order chi connectivity index (χ0) is 11.5. The molecule has 1 atom stereocenters. The highest BCUT2D eigenvalue weighted by Gasteiger charge is 2.15. The standard InChI is InChI=1S/C10H9ClFN3O/c11-7-3-1-2-6(9(7)12)4-8(16)10-13-5-14-15-10/h1-3,5,8,16H,4H2,(H,13,14,15). The van der Waals surface area contributed by atoms with Crippen LogP contribution in [-0.2, 0) is 6.42 Å². The third kappa shape index (κ3) is 2.20. The van der Waals surface area contributed by atoms with E-state index in [4.69, 9.17) is 11.6 Å². The van der Waals surface area contributed by atoms with Gasteiger partial charge < -0.3 is 5.11 Å². The van der Waals surface area contributed by atoms with E-state index in [0.29, 0.717) is 11.4 Å². The third-order valence-electron chi connectivity index (χ3n) is 2.19. The summed E-state index contributed by atoms with van der Waals surface area (Å²) in [7, 11) is 0. The van der Waals surface area contributed by atoms with Gasteiger partial charge in [-0.25, -0.2) is 9.37 Å². The molecule has 4 nitrogen and oxygen atoms in total. The second kappa shape index (κ2) is 4.59. The molecule has 6 heteroatoms. The second-order valence-electron chi connectivity index (χ2n) is 3.30. The number of rotatable bonds is 3. The minimum absolute atomic E-state index is 0.0438. The summed E-state index contributed by atoms with van der Waals surface area (Å²) in [5, 5.41) is 15.9. The molecule has 1 heterocycles. The number of halogens is 2. The Morgan fingerprint density at radius 3 is 3.00 bits per heavy atom. The minimum Gasteiger partial charge on any atom is -0.385 e. The molecule has 0 bridgehead atoms. The molecule has 0 fully saturated rings. The Kier molecular flexibility index (Phi) is 3.17. The molecule has 2 aromatic rings. The normalized spacial score (nSPS) is 12.7. The molecule has 0 saturated carbocycles. The fourth-order valence-corrected chi connectivity index (χ4v) is 1.58. The van der Waals surface area contributed by atoms with Crippen LogP contribution in [0.2, 0.25) is 5.02 Å². The highest BCUT2D eigenvalue weighted by atomic mass is 35.5. The van der Waals surface area contributed by atoms with Crippen molar-refractivity contribution in [2.75, 3.05) is 0 Å². The van der Waals surface area contributed by atoms with E-state index in [2.05, 4.69) is 15.2 Å². The van der Waals surface area contributed by atoms with E-state index < -0.39 is 11.9 Å². The first-order valence-electron chi connectivity index (χ1n) is 4.64. The molecule has 0 amide bonds. The van der Waals surface area contributed by atoms with Crippen molar-refractivity contribution >= 4 is 11.6 Å². The fourth-order valence-electron chi connectivity index (χ4n) is 1.39. The summed E-state index contributed by atoms with van der Waals surface area (Å²) in [4.78, 5) is 3.79. The van der Waals surface area contributed by atoms with Crippen molar-refractivity contribution in [1.82, 2.24) is 15.2 Å². The molecule has 1 unspecified atom stereocenters. The maximum atomic E-state index is 13.5. The Labute approximate surface area is 96.1 Å². The van der Waals surface area contributed by atoms with Crippen molar-refractivity contribution in [2.45, 2.75) is 12.5 Å². The quantitative estimate of drug-likeness (QED) is 0.863. The lowest BCUT2D eigenvalue weighted by atomic mass is 10.1. The number of benzene rings is 1. The van der Waals surface area contributed by atoms with Crippen LogP contribution in [0.25, 0.3) is 0 Å². The van der Waals surface area contributed by atoms with E-state index >= 15 is 0 Å². The summed E-state index contributed by atoms with van der Waals surface area (Å²) in [6, 6.07) is 4.66.